The lowest BCUT2D eigenvalue weighted by Crippen LogP contribution is -2.43. The summed E-state index contributed by atoms with van der Waals surface area (Å²) in [5, 5.41) is 1.51. The maximum atomic E-state index is 6.48. The fraction of sp³-hybridized carbons (Fsp3) is 0.652. The summed E-state index contributed by atoms with van der Waals surface area (Å²) < 4.78 is 13.0. The van der Waals surface area contributed by atoms with Crippen LogP contribution >= 0.6 is 0 Å². The van der Waals surface area contributed by atoms with Crippen molar-refractivity contribution in [1.29, 1.82) is 0 Å². The molecule has 1 saturated carbocycles. The van der Waals surface area contributed by atoms with Crippen LogP contribution in [-0.4, -0.2) is 26.4 Å². The average molecular weight is 384 g/mol. The molecular weight excluding hydrogens is 347 g/mol. The molecule has 2 fully saturated rings. The van der Waals surface area contributed by atoms with Crippen molar-refractivity contribution in [2.45, 2.75) is 90.1 Å². The van der Waals surface area contributed by atoms with Crippen molar-refractivity contribution in [2.24, 2.45) is 5.92 Å². The Labute approximate surface area is 167 Å². The lowest BCUT2D eigenvalue weighted by Gasteiger charge is -2.32. The molecule has 2 nitrogen and oxygen atoms in total. The molecule has 1 aliphatic heterocycles. The molecule has 0 bridgehead atoms. The van der Waals surface area contributed by atoms with Gasteiger partial charge in [-0.2, -0.15) is 0 Å². The van der Waals surface area contributed by atoms with Crippen molar-refractivity contribution >= 4 is 20.4 Å². The molecule has 27 heavy (non-hydrogen) atoms. The van der Waals surface area contributed by atoms with Gasteiger partial charge < -0.3 is 9.31 Å². The minimum atomic E-state index is -1.62. The Kier molecular flexibility index (Phi) is 6.10. The van der Waals surface area contributed by atoms with Crippen molar-refractivity contribution < 1.29 is 9.31 Å². The maximum absolute atomic E-state index is 6.48. The normalized spacial score (nSPS) is 23.6. The van der Waals surface area contributed by atoms with Gasteiger partial charge in [0.25, 0.3) is 0 Å². The average Bonchev–Trinajstić information content (AvgIpc) is 2.84. The Balaban J connectivity index is 1.88. The van der Waals surface area contributed by atoms with Gasteiger partial charge in [0.2, 0.25) is 0 Å². The molecule has 1 aromatic rings. The van der Waals surface area contributed by atoms with Gasteiger partial charge in [-0.3, -0.25) is 0 Å². The number of rotatable bonds is 5. The minimum absolute atomic E-state index is 0.201. The number of benzene rings is 1. The highest BCUT2D eigenvalue weighted by atomic mass is 28.3. The topological polar surface area (TPSA) is 18.5 Å². The standard InChI is InChI=1S/C23H37BO2Si/c1-22(2)23(3,4)26-24(25-22)20(17-19-13-9-7-10-14-19)18-27(5,6)21-15-11-8-12-16-21/h8,11-12,15-17,19H,7,9-10,13-14,18H2,1-6H3/b20-17-. The van der Waals surface area contributed by atoms with Gasteiger partial charge in [-0.15, -0.1) is 0 Å². The molecular formula is C23H37BO2Si. The Bertz CT molecular complexity index is 644. The molecule has 1 heterocycles. The summed E-state index contributed by atoms with van der Waals surface area (Å²) in [6.45, 7) is 13.6. The predicted molar refractivity (Wildman–Crippen MR) is 119 cm³/mol. The third-order valence-electron chi connectivity index (χ3n) is 6.86. The third kappa shape index (κ3) is 4.78. The minimum Gasteiger partial charge on any atom is -0.400 e. The zero-order valence-corrected chi connectivity index (χ0v) is 19.2. The molecule has 0 spiro atoms. The van der Waals surface area contributed by atoms with E-state index in [0.717, 1.165) is 6.04 Å². The Morgan fingerprint density at radius 2 is 1.56 bits per heavy atom. The van der Waals surface area contributed by atoms with E-state index in [1.807, 2.05) is 0 Å². The van der Waals surface area contributed by atoms with Gasteiger partial charge in [0.05, 0.1) is 19.3 Å². The number of hydrogen-bond acceptors (Lipinski definition) is 2. The highest BCUT2D eigenvalue weighted by Crippen LogP contribution is 2.40. The van der Waals surface area contributed by atoms with E-state index in [1.165, 1.54) is 42.8 Å². The summed E-state index contributed by atoms with van der Waals surface area (Å²) in [7, 11) is -1.82. The largest absolute Gasteiger partial charge is 0.489 e. The van der Waals surface area contributed by atoms with Gasteiger partial charge in [-0.1, -0.05) is 74.0 Å². The van der Waals surface area contributed by atoms with Crippen LogP contribution < -0.4 is 5.19 Å². The van der Waals surface area contributed by atoms with Crippen molar-refractivity contribution in [2.75, 3.05) is 0 Å². The summed E-state index contributed by atoms with van der Waals surface area (Å²) in [5.41, 5.74) is 0.838. The molecule has 148 valence electrons. The van der Waals surface area contributed by atoms with Crippen LogP contribution in [-0.2, 0) is 9.31 Å². The van der Waals surface area contributed by atoms with Crippen LogP contribution in [0.3, 0.4) is 0 Å². The van der Waals surface area contributed by atoms with Crippen LogP contribution in [0.5, 0.6) is 0 Å². The zero-order chi connectivity index (χ0) is 19.7. The first kappa shape index (κ1) is 20.9. The summed E-state index contributed by atoms with van der Waals surface area (Å²) in [6.07, 6.45) is 9.28. The monoisotopic (exact) mass is 384 g/mol. The van der Waals surface area contributed by atoms with Crippen LogP contribution in [0, 0.1) is 5.92 Å². The van der Waals surface area contributed by atoms with Gasteiger partial charge in [0.1, 0.15) is 0 Å². The molecule has 0 unspecified atom stereocenters. The van der Waals surface area contributed by atoms with Crippen LogP contribution in [0.15, 0.2) is 41.9 Å². The second-order valence-electron chi connectivity index (χ2n) is 10.2. The second-order valence-corrected chi connectivity index (χ2v) is 14.9. The molecule has 3 rings (SSSR count). The summed E-state index contributed by atoms with van der Waals surface area (Å²) >= 11 is 0. The van der Waals surface area contributed by atoms with Crippen LogP contribution in [0.2, 0.25) is 19.1 Å². The number of hydrogen-bond donors (Lipinski definition) is 0. The molecule has 4 heteroatoms. The molecule has 1 aromatic carbocycles. The predicted octanol–water partition coefficient (Wildman–Crippen LogP) is 5.74. The molecule has 0 N–H and O–H groups in total. The maximum Gasteiger partial charge on any atom is 0.489 e. The highest BCUT2D eigenvalue weighted by molar-refractivity contribution is 6.91. The Morgan fingerprint density at radius 3 is 2.11 bits per heavy atom. The van der Waals surface area contributed by atoms with Crippen LogP contribution in [0.4, 0.5) is 0 Å². The fourth-order valence-corrected chi connectivity index (χ4v) is 6.92. The SMILES string of the molecule is CC1(C)OB(/C(=C\C2CCCCC2)C[Si](C)(C)c2ccccc2)OC1(C)C. The van der Waals surface area contributed by atoms with E-state index in [4.69, 9.17) is 9.31 Å². The summed E-state index contributed by atoms with van der Waals surface area (Å²) in [5.74, 6) is 0.688. The number of allylic oxidation sites excluding steroid dienone is 2. The summed E-state index contributed by atoms with van der Waals surface area (Å²) in [4.78, 5) is 0. The van der Waals surface area contributed by atoms with E-state index >= 15 is 0 Å². The van der Waals surface area contributed by atoms with E-state index in [0.29, 0.717) is 5.92 Å². The fourth-order valence-electron chi connectivity index (χ4n) is 4.32. The van der Waals surface area contributed by atoms with E-state index in [-0.39, 0.29) is 18.3 Å². The van der Waals surface area contributed by atoms with Gasteiger partial charge >= 0.3 is 7.12 Å². The Morgan fingerprint density at radius 1 is 1.00 bits per heavy atom. The molecule has 0 amide bonds. The summed E-state index contributed by atoms with van der Waals surface area (Å²) in [6, 6.07) is 12.2. The quantitative estimate of drug-likeness (QED) is 0.603. The van der Waals surface area contributed by atoms with Gasteiger partial charge in [0, 0.05) is 0 Å². The zero-order valence-electron chi connectivity index (χ0n) is 18.2. The molecule has 1 aliphatic carbocycles. The van der Waals surface area contributed by atoms with Gasteiger partial charge in [-0.05, 0) is 58.0 Å². The van der Waals surface area contributed by atoms with Crippen LogP contribution in [0.1, 0.15) is 59.8 Å². The van der Waals surface area contributed by atoms with E-state index < -0.39 is 8.07 Å². The first-order chi connectivity index (χ1) is 12.6. The van der Waals surface area contributed by atoms with Gasteiger partial charge in [0.15, 0.2) is 0 Å². The highest BCUT2D eigenvalue weighted by Gasteiger charge is 2.52. The molecule has 0 aromatic heterocycles. The molecule has 2 aliphatic rings. The van der Waals surface area contributed by atoms with E-state index in [1.54, 1.807) is 0 Å². The van der Waals surface area contributed by atoms with Crippen molar-refractivity contribution in [3.63, 3.8) is 0 Å². The first-order valence-corrected chi connectivity index (χ1v) is 13.9. The molecule has 1 saturated heterocycles. The second kappa shape index (κ2) is 7.89. The van der Waals surface area contributed by atoms with E-state index in [2.05, 4.69) is 77.2 Å². The molecule has 0 radical (unpaired) electrons. The molecule has 0 atom stereocenters. The van der Waals surface area contributed by atoms with Crippen LogP contribution in [0.25, 0.3) is 0 Å². The van der Waals surface area contributed by atoms with E-state index in [9.17, 15) is 0 Å². The smallest absolute Gasteiger partial charge is 0.400 e. The lowest BCUT2D eigenvalue weighted by molar-refractivity contribution is 0.00578. The van der Waals surface area contributed by atoms with Crippen molar-refractivity contribution in [1.82, 2.24) is 0 Å². The van der Waals surface area contributed by atoms with Crippen molar-refractivity contribution in [3.8, 4) is 0 Å². The third-order valence-corrected chi connectivity index (χ3v) is 10.0. The first-order valence-electron chi connectivity index (χ1n) is 10.7. The van der Waals surface area contributed by atoms with Gasteiger partial charge in [-0.25, -0.2) is 0 Å². The Hall–Kier alpha value is -0.838. The lowest BCUT2D eigenvalue weighted by atomic mass is 9.75. The van der Waals surface area contributed by atoms with Crippen molar-refractivity contribution in [3.05, 3.63) is 41.9 Å².